The first-order valence-electron chi connectivity index (χ1n) is 7.86. The monoisotopic (exact) mass is 354 g/mol. The minimum atomic E-state index is 0.499. The van der Waals surface area contributed by atoms with E-state index >= 15 is 0 Å². The Labute approximate surface area is 137 Å². The fourth-order valence-corrected chi connectivity index (χ4v) is 3.38. The molecule has 1 atom stereocenters. The lowest BCUT2D eigenvalue weighted by molar-refractivity contribution is 0.143. The van der Waals surface area contributed by atoms with Crippen LogP contribution in [0.25, 0.3) is 0 Å². The molecule has 2 rings (SSSR count). The summed E-state index contributed by atoms with van der Waals surface area (Å²) in [4.78, 5) is 2.52. The SMILES string of the molecule is COCC1CCCN(c2ccc(Br)cc2CNC(C)C)C1. The van der Waals surface area contributed by atoms with Gasteiger partial charge in [0.15, 0.2) is 0 Å². The number of hydrogen-bond acceptors (Lipinski definition) is 3. The standard InChI is InChI=1S/C17H27BrN2O/c1-13(2)19-10-15-9-16(18)6-7-17(15)20-8-4-5-14(11-20)12-21-3/h6-7,9,13-14,19H,4-5,8,10-12H2,1-3H3. The van der Waals surface area contributed by atoms with E-state index in [9.17, 15) is 0 Å². The van der Waals surface area contributed by atoms with E-state index in [4.69, 9.17) is 4.74 Å². The number of methoxy groups -OCH3 is 1. The van der Waals surface area contributed by atoms with Crippen LogP contribution in [-0.4, -0.2) is 32.8 Å². The summed E-state index contributed by atoms with van der Waals surface area (Å²) in [6.07, 6.45) is 2.53. The molecule has 1 heterocycles. The van der Waals surface area contributed by atoms with E-state index < -0.39 is 0 Å². The van der Waals surface area contributed by atoms with Gasteiger partial charge in [0.25, 0.3) is 0 Å². The second kappa shape index (κ2) is 8.16. The van der Waals surface area contributed by atoms with Gasteiger partial charge in [-0.1, -0.05) is 29.8 Å². The van der Waals surface area contributed by atoms with Crippen LogP contribution in [-0.2, 0) is 11.3 Å². The summed E-state index contributed by atoms with van der Waals surface area (Å²) in [5.74, 6) is 0.651. The summed E-state index contributed by atoms with van der Waals surface area (Å²) >= 11 is 3.60. The quantitative estimate of drug-likeness (QED) is 0.840. The topological polar surface area (TPSA) is 24.5 Å². The highest BCUT2D eigenvalue weighted by Gasteiger charge is 2.21. The molecule has 1 aromatic rings. The molecule has 1 unspecified atom stereocenters. The first-order valence-corrected chi connectivity index (χ1v) is 8.65. The first-order chi connectivity index (χ1) is 10.1. The number of anilines is 1. The van der Waals surface area contributed by atoms with Gasteiger partial charge in [-0.05, 0) is 42.5 Å². The highest BCUT2D eigenvalue weighted by Crippen LogP contribution is 2.29. The van der Waals surface area contributed by atoms with Gasteiger partial charge < -0.3 is 15.0 Å². The molecule has 0 aromatic heterocycles. The Bertz CT molecular complexity index is 448. The zero-order valence-corrected chi connectivity index (χ0v) is 14.9. The van der Waals surface area contributed by atoms with Gasteiger partial charge in [0.1, 0.15) is 0 Å². The Hall–Kier alpha value is -0.580. The van der Waals surface area contributed by atoms with Crippen molar-refractivity contribution in [1.29, 1.82) is 0 Å². The molecule has 1 saturated heterocycles. The predicted octanol–water partition coefficient (Wildman–Crippen LogP) is 3.81. The zero-order valence-electron chi connectivity index (χ0n) is 13.4. The van der Waals surface area contributed by atoms with Gasteiger partial charge in [0, 0.05) is 42.9 Å². The van der Waals surface area contributed by atoms with Gasteiger partial charge >= 0.3 is 0 Å². The largest absolute Gasteiger partial charge is 0.384 e. The number of halogens is 1. The van der Waals surface area contributed by atoms with Gasteiger partial charge in [-0.25, -0.2) is 0 Å². The Morgan fingerprint density at radius 2 is 2.24 bits per heavy atom. The second-order valence-electron chi connectivity index (χ2n) is 6.22. The van der Waals surface area contributed by atoms with Crippen LogP contribution < -0.4 is 10.2 Å². The normalized spacial score (nSPS) is 19.3. The highest BCUT2D eigenvalue weighted by molar-refractivity contribution is 9.10. The molecule has 3 nitrogen and oxygen atoms in total. The average Bonchev–Trinajstić information content (AvgIpc) is 2.46. The maximum atomic E-state index is 5.35. The van der Waals surface area contributed by atoms with Crippen molar-refractivity contribution in [3.05, 3.63) is 28.2 Å². The van der Waals surface area contributed by atoms with Crippen molar-refractivity contribution in [2.75, 3.05) is 31.7 Å². The smallest absolute Gasteiger partial charge is 0.0507 e. The summed E-state index contributed by atoms with van der Waals surface area (Å²) < 4.78 is 6.50. The number of benzene rings is 1. The molecule has 0 bridgehead atoms. The van der Waals surface area contributed by atoms with Crippen molar-refractivity contribution in [3.63, 3.8) is 0 Å². The first kappa shape index (κ1) is 16.8. The van der Waals surface area contributed by atoms with E-state index in [1.165, 1.54) is 24.1 Å². The maximum Gasteiger partial charge on any atom is 0.0507 e. The summed E-state index contributed by atoms with van der Waals surface area (Å²) in [7, 11) is 1.80. The van der Waals surface area contributed by atoms with E-state index in [1.54, 1.807) is 7.11 Å². The molecule has 0 spiro atoms. The fourth-order valence-electron chi connectivity index (χ4n) is 2.97. The molecule has 1 fully saturated rings. The third-order valence-corrected chi connectivity index (χ3v) is 4.50. The molecule has 4 heteroatoms. The van der Waals surface area contributed by atoms with Crippen LogP contribution >= 0.6 is 15.9 Å². The summed E-state index contributed by atoms with van der Waals surface area (Å²) in [5, 5.41) is 3.53. The molecule has 118 valence electrons. The summed E-state index contributed by atoms with van der Waals surface area (Å²) in [6.45, 7) is 8.41. The molecule has 21 heavy (non-hydrogen) atoms. The summed E-state index contributed by atoms with van der Waals surface area (Å²) in [5.41, 5.74) is 2.74. The van der Waals surface area contributed by atoms with Crippen molar-refractivity contribution in [1.82, 2.24) is 5.32 Å². The average molecular weight is 355 g/mol. The minimum Gasteiger partial charge on any atom is -0.384 e. The van der Waals surface area contributed by atoms with Crippen molar-refractivity contribution in [3.8, 4) is 0 Å². The Morgan fingerprint density at radius 3 is 2.95 bits per heavy atom. The van der Waals surface area contributed by atoms with Gasteiger partial charge in [-0.2, -0.15) is 0 Å². The van der Waals surface area contributed by atoms with Crippen LogP contribution in [0.3, 0.4) is 0 Å². The molecule has 1 N–H and O–H groups in total. The zero-order chi connectivity index (χ0) is 15.2. The van der Waals surface area contributed by atoms with Gasteiger partial charge in [0.05, 0.1) is 6.61 Å². The highest BCUT2D eigenvalue weighted by atomic mass is 79.9. The lowest BCUT2D eigenvalue weighted by Gasteiger charge is -2.35. The molecular weight excluding hydrogens is 328 g/mol. The number of rotatable bonds is 6. The fraction of sp³-hybridized carbons (Fsp3) is 0.647. The van der Waals surface area contributed by atoms with Crippen molar-refractivity contribution >= 4 is 21.6 Å². The van der Waals surface area contributed by atoms with Crippen molar-refractivity contribution < 1.29 is 4.74 Å². The maximum absolute atomic E-state index is 5.35. The number of ether oxygens (including phenoxy) is 1. The number of piperidine rings is 1. The van der Waals surface area contributed by atoms with Crippen LogP contribution in [0.5, 0.6) is 0 Å². The van der Waals surface area contributed by atoms with E-state index in [0.29, 0.717) is 12.0 Å². The van der Waals surface area contributed by atoms with Crippen LogP contribution in [0, 0.1) is 5.92 Å². The summed E-state index contributed by atoms with van der Waals surface area (Å²) in [6, 6.07) is 7.13. The molecular formula is C17H27BrN2O. The number of nitrogens with zero attached hydrogens (tertiary/aromatic N) is 1. The number of nitrogens with one attached hydrogen (secondary N) is 1. The van der Waals surface area contributed by atoms with Crippen LogP contribution in [0.1, 0.15) is 32.3 Å². The lowest BCUT2D eigenvalue weighted by atomic mass is 9.97. The van der Waals surface area contributed by atoms with Crippen LogP contribution in [0.2, 0.25) is 0 Å². The molecule has 0 aliphatic carbocycles. The van der Waals surface area contributed by atoms with E-state index in [2.05, 4.69) is 58.2 Å². The third-order valence-electron chi connectivity index (χ3n) is 4.00. The molecule has 0 radical (unpaired) electrons. The molecule has 0 saturated carbocycles. The second-order valence-corrected chi connectivity index (χ2v) is 7.13. The van der Waals surface area contributed by atoms with Gasteiger partial charge in [-0.15, -0.1) is 0 Å². The minimum absolute atomic E-state index is 0.499. The molecule has 1 aliphatic rings. The Balaban J connectivity index is 2.13. The van der Waals surface area contributed by atoms with Crippen molar-refractivity contribution in [2.24, 2.45) is 5.92 Å². The van der Waals surface area contributed by atoms with E-state index in [1.807, 2.05) is 0 Å². The molecule has 1 aliphatic heterocycles. The molecule has 1 aromatic carbocycles. The van der Waals surface area contributed by atoms with E-state index in [-0.39, 0.29) is 0 Å². The predicted molar refractivity (Wildman–Crippen MR) is 92.9 cm³/mol. The van der Waals surface area contributed by atoms with Crippen LogP contribution in [0.4, 0.5) is 5.69 Å². The Kier molecular flexibility index (Phi) is 6.52. The third kappa shape index (κ3) is 4.97. The lowest BCUT2D eigenvalue weighted by Crippen LogP contribution is -2.38. The van der Waals surface area contributed by atoms with Crippen LogP contribution in [0.15, 0.2) is 22.7 Å². The molecule has 0 amide bonds. The van der Waals surface area contributed by atoms with Crippen molar-refractivity contribution in [2.45, 2.75) is 39.3 Å². The van der Waals surface area contributed by atoms with Gasteiger partial charge in [-0.3, -0.25) is 0 Å². The number of hydrogen-bond donors (Lipinski definition) is 1. The van der Waals surface area contributed by atoms with Gasteiger partial charge in [0.2, 0.25) is 0 Å². The van der Waals surface area contributed by atoms with E-state index in [0.717, 1.165) is 30.7 Å². The Morgan fingerprint density at radius 1 is 1.43 bits per heavy atom.